The molecule has 0 aromatic carbocycles. The number of carbonyl (C=O) groups is 1. The number of carbonyl (C=O) groups excluding carboxylic acids is 1. The lowest BCUT2D eigenvalue weighted by Crippen LogP contribution is -2.35. The second kappa shape index (κ2) is 2.88. The Morgan fingerprint density at radius 1 is 1.83 bits per heavy atom. The van der Waals surface area contributed by atoms with Gasteiger partial charge in [-0.3, -0.25) is 4.79 Å². The second-order valence-corrected chi connectivity index (χ2v) is 4.51. The van der Waals surface area contributed by atoms with Gasteiger partial charge in [0.15, 0.2) is 5.11 Å². The van der Waals surface area contributed by atoms with Crippen LogP contribution in [0.15, 0.2) is 0 Å². The SMILES string of the molecule is CCC1SC[C@H]2C(=O)NC(=S)N12. The van der Waals surface area contributed by atoms with Crippen molar-refractivity contribution in [3.63, 3.8) is 0 Å². The predicted molar refractivity (Wildman–Crippen MR) is 52.9 cm³/mol. The van der Waals surface area contributed by atoms with Gasteiger partial charge in [0.2, 0.25) is 5.91 Å². The Balaban J connectivity index is 2.22. The third-order valence-corrected chi connectivity index (χ3v) is 3.98. The van der Waals surface area contributed by atoms with Crippen LogP contribution in [0.2, 0.25) is 0 Å². The van der Waals surface area contributed by atoms with Crippen molar-refractivity contribution in [1.82, 2.24) is 10.2 Å². The molecule has 2 saturated heterocycles. The molecule has 1 N–H and O–H groups in total. The minimum Gasteiger partial charge on any atom is -0.324 e. The van der Waals surface area contributed by atoms with Crippen molar-refractivity contribution in [3.05, 3.63) is 0 Å². The largest absolute Gasteiger partial charge is 0.324 e. The highest BCUT2D eigenvalue weighted by Crippen LogP contribution is 2.33. The molecular formula is C7H10N2OS2. The summed E-state index contributed by atoms with van der Waals surface area (Å²) in [6, 6.07) is 0.00690. The first-order chi connectivity index (χ1) is 5.74. The van der Waals surface area contributed by atoms with E-state index in [2.05, 4.69) is 12.2 Å². The molecule has 3 nitrogen and oxygen atoms in total. The van der Waals surface area contributed by atoms with E-state index in [1.54, 1.807) is 0 Å². The van der Waals surface area contributed by atoms with E-state index in [1.807, 2.05) is 16.7 Å². The van der Waals surface area contributed by atoms with E-state index in [0.29, 0.717) is 10.5 Å². The van der Waals surface area contributed by atoms with Gasteiger partial charge < -0.3 is 10.2 Å². The minimum absolute atomic E-state index is 0.00690. The van der Waals surface area contributed by atoms with Crippen LogP contribution in [0.5, 0.6) is 0 Å². The van der Waals surface area contributed by atoms with Crippen LogP contribution in [0.1, 0.15) is 13.3 Å². The average Bonchev–Trinajstić information content (AvgIpc) is 2.55. The van der Waals surface area contributed by atoms with Crippen LogP contribution < -0.4 is 5.32 Å². The number of hydrogen-bond donors (Lipinski definition) is 1. The molecule has 2 rings (SSSR count). The number of nitrogens with one attached hydrogen (secondary N) is 1. The summed E-state index contributed by atoms with van der Waals surface area (Å²) in [6.07, 6.45) is 1.04. The lowest BCUT2D eigenvalue weighted by molar-refractivity contribution is -0.120. The highest BCUT2D eigenvalue weighted by atomic mass is 32.2. The first-order valence-corrected chi connectivity index (χ1v) is 5.44. The van der Waals surface area contributed by atoms with Gasteiger partial charge in [0.25, 0.3) is 0 Å². The third-order valence-electron chi connectivity index (χ3n) is 2.21. The van der Waals surface area contributed by atoms with E-state index < -0.39 is 0 Å². The summed E-state index contributed by atoms with van der Waals surface area (Å²) in [4.78, 5) is 13.3. The molecular weight excluding hydrogens is 192 g/mol. The van der Waals surface area contributed by atoms with E-state index in [4.69, 9.17) is 12.2 Å². The van der Waals surface area contributed by atoms with E-state index in [9.17, 15) is 4.79 Å². The van der Waals surface area contributed by atoms with Crippen molar-refractivity contribution in [2.24, 2.45) is 0 Å². The molecule has 2 aliphatic heterocycles. The van der Waals surface area contributed by atoms with E-state index in [0.717, 1.165) is 12.2 Å². The zero-order valence-corrected chi connectivity index (χ0v) is 8.37. The Labute approximate surface area is 80.9 Å². The Morgan fingerprint density at radius 3 is 3.25 bits per heavy atom. The van der Waals surface area contributed by atoms with Crippen molar-refractivity contribution in [3.8, 4) is 0 Å². The van der Waals surface area contributed by atoms with Crippen LogP contribution in [0.25, 0.3) is 0 Å². The van der Waals surface area contributed by atoms with E-state index in [1.165, 1.54) is 0 Å². The average molecular weight is 202 g/mol. The third kappa shape index (κ3) is 1.03. The van der Waals surface area contributed by atoms with Gasteiger partial charge in [-0.2, -0.15) is 0 Å². The molecule has 0 aliphatic carbocycles. The van der Waals surface area contributed by atoms with Crippen LogP contribution in [0.4, 0.5) is 0 Å². The minimum atomic E-state index is 0.00690. The summed E-state index contributed by atoms with van der Waals surface area (Å²) in [7, 11) is 0. The first kappa shape index (κ1) is 8.31. The van der Waals surface area contributed by atoms with Crippen LogP contribution in [-0.4, -0.2) is 33.1 Å². The van der Waals surface area contributed by atoms with Crippen LogP contribution >= 0.6 is 24.0 Å². The molecule has 2 heterocycles. The second-order valence-electron chi connectivity index (χ2n) is 2.91. The lowest BCUT2D eigenvalue weighted by Gasteiger charge is -2.21. The molecule has 0 bridgehead atoms. The van der Waals surface area contributed by atoms with Crippen molar-refractivity contribution >= 4 is 35.0 Å². The Hall–Kier alpha value is -0.290. The van der Waals surface area contributed by atoms with Crippen LogP contribution in [0, 0.1) is 0 Å². The number of rotatable bonds is 1. The van der Waals surface area contributed by atoms with E-state index >= 15 is 0 Å². The van der Waals surface area contributed by atoms with Gasteiger partial charge >= 0.3 is 0 Å². The molecule has 2 atom stereocenters. The number of thiocarbonyl (C=S) groups is 1. The Bertz CT molecular complexity index is 244. The summed E-state index contributed by atoms with van der Waals surface area (Å²) in [5.41, 5.74) is 0. The number of amides is 1. The summed E-state index contributed by atoms with van der Waals surface area (Å²) < 4.78 is 0. The maximum atomic E-state index is 11.3. The van der Waals surface area contributed by atoms with Gasteiger partial charge in [-0.25, -0.2) is 0 Å². The summed E-state index contributed by atoms with van der Waals surface area (Å²) in [5.74, 6) is 0.952. The lowest BCUT2D eigenvalue weighted by atomic mass is 10.3. The molecule has 12 heavy (non-hydrogen) atoms. The zero-order chi connectivity index (χ0) is 8.72. The smallest absolute Gasteiger partial charge is 0.249 e. The molecule has 0 spiro atoms. The molecule has 5 heteroatoms. The zero-order valence-electron chi connectivity index (χ0n) is 6.74. The van der Waals surface area contributed by atoms with Gasteiger partial charge in [-0.1, -0.05) is 6.92 Å². The highest BCUT2D eigenvalue weighted by molar-refractivity contribution is 8.00. The summed E-state index contributed by atoms with van der Waals surface area (Å²) in [6.45, 7) is 2.12. The fourth-order valence-corrected chi connectivity index (χ4v) is 3.39. The number of hydrogen-bond acceptors (Lipinski definition) is 3. The van der Waals surface area contributed by atoms with Gasteiger partial charge in [-0.15, -0.1) is 11.8 Å². The maximum absolute atomic E-state index is 11.3. The van der Waals surface area contributed by atoms with Crippen molar-refractivity contribution in [2.75, 3.05) is 5.75 Å². The Kier molecular flexibility index (Phi) is 2.00. The number of fused-ring (bicyclic) bond motifs is 1. The number of nitrogens with zero attached hydrogens (tertiary/aromatic N) is 1. The quantitative estimate of drug-likeness (QED) is 0.630. The predicted octanol–water partition coefficient (Wildman–Crippen LogP) is 0.555. The van der Waals surface area contributed by atoms with Crippen LogP contribution in [-0.2, 0) is 4.79 Å². The molecule has 0 aromatic heterocycles. The molecule has 1 amide bonds. The van der Waals surface area contributed by atoms with Gasteiger partial charge in [0.05, 0.1) is 5.37 Å². The first-order valence-electron chi connectivity index (χ1n) is 3.98. The maximum Gasteiger partial charge on any atom is 0.249 e. The highest BCUT2D eigenvalue weighted by Gasteiger charge is 2.44. The standard InChI is InChI=1S/C7H10N2OS2/c1-2-5-9-4(3-12-5)6(10)8-7(9)11/h4-5H,2-3H2,1H3,(H,8,10,11)/t4-,5?/m0/s1. The van der Waals surface area contributed by atoms with Gasteiger partial charge in [-0.05, 0) is 18.6 Å². The topological polar surface area (TPSA) is 32.3 Å². The van der Waals surface area contributed by atoms with Gasteiger partial charge in [0, 0.05) is 5.75 Å². The Morgan fingerprint density at radius 2 is 2.58 bits per heavy atom. The molecule has 0 aromatic rings. The molecule has 0 saturated carbocycles. The molecule has 2 fully saturated rings. The van der Waals surface area contributed by atoms with Crippen molar-refractivity contribution < 1.29 is 4.79 Å². The van der Waals surface area contributed by atoms with Crippen LogP contribution in [0.3, 0.4) is 0 Å². The van der Waals surface area contributed by atoms with Gasteiger partial charge in [0.1, 0.15) is 6.04 Å². The number of thioether (sulfide) groups is 1. The fraction of sp³-hybridized carbons (Fsp3) is 0.714. The molecule has 66 valence electrons. The molecule has 0 radical (unpaired) electrons. The fourth-order valence-electron chi connectivity index (χ4n) is 1.61. The van der Waals surface area contributed by atoms with Crippen molar-refractivity contribution in [1.29, 1.82) is 0 Å². The summed E-state index contributed by atoms with van der Waals surface area (Å²) >= 11 is 6.88. The van der Waals surface area contributed by atoms with Crippen molar-refractivity contribution in [2.45, 2.75) is 24.8 Å². The molecule has 1 unspecified atom stereocenters. The summed E-state index contributed by atoms with van der Waals surface area (Å²) in [5, 5.41) is 3.71. The monoisotopic (exact) mass is 202 g/mol. The van der Waals surface area contributed by atoms with E-state index in [-0.39, 0.29) is 11.9 Å². The normalized spacial score (nSPS) is 33.9. The molecule has 2 aliphatic rings.